The molecule has 0 amide bonds. The van der Waals surface area contributed by atoms with Gasteiger partial charge in [0, 0.05) is 0 Å². The molecule has 0 saturated heterocycles. The molecule has 1 unspecified atom stereocenters. The van der Waals surface area contributed by atoms with Gasteiger partial charge in [-0.15, -0.1) is 0 Å². The lowest BCUT2D eigenvalue weighted by Gasteiger charge is -2.20. The van der Waals surface area contributed by atoms with Gasteiger partial charge in [0.15, 0.2) is 0 Å². The van der Waals surface area contributed by atoms with Crippen molar-refractivity contribution in [2.75, 3.05) is 26.7 Å². The molecule has 2 nitrogen and oxygen atoms in total. The third-order valence-electron chi connectivity index (χ3n) is 2.07. The molecular weight excluding hydrogens is 136 g/mol. The molecule has 0 radical (unpaired) electrons. The summed E-state index contributed by atoms with van der Waals surface area (Å²) in [4.78, 5) is 0. The highest BCUT2D eigenvalue weighted by atomic mass is 14.9. The second kappa shape index (κ2) is 6.62. The Bertz CT molecular complexity index is 81.6. The summed E-state index contributed by atoms with van der Waals surface area (Å²) in [5, 5.41) is 6.59. The van der Waals surface area contributed by atoms with Gasteiger partial charge in [0.2, 0.25) is 0 Å². The SMILES string of the molecule is CCNCC(CNC)C(C)C. The van der Waals surface area contributed by atoms with Crippen molar-refractivity contribution >= 4 is 0 Å². The largest absolute Gasteiger partial charge is 0.319 e. The summed E-state index contributed by atoms with van der Waals surface area (Å²) in [6, 6.07) is 0. The van der Waals surface area contributed by atoms with Crippen LogP contribution in [0.15, 0.2) is 0 Å². The van der Waals surface area contributed by atoms with Crippen molar-refractivity contribution in [1.82, 2.24) is 10.6 Å². The van der Waals surface area contributed by atoms with E-state index in [4.69, 9.17) is 0 Å². The fourth-order valence-electron chi connectivity index (χ4n) is 1.14. The summed E-state index contributed by atoms with van der Waals surface area (Å²) in [5.74, 6) is 1.53. The Labute approximate surface area is 70.8 Å². The summed E-state index contributed by atoms with van der Waals surface area (Å²) >= 11 is 0. The van der Waals surface area contributed by atoms with E-state index in [2.05, 4.69) is 31.4 Å². The Hall–Kier alpha value is -0.0800. The monoisotopic (exact) mass is 158 g/mol. The standard InChI is InChI=1S/C9H22N2/c1-5-11-7-9(6-10-4)8(2)3/h8-11H,5-7H2,1-4H3. The highest BCUT2D eigenvalue weighted by Gasteiger charge is 2.10. The first-order valence-electron chi connectivity index (χ1n) is 4.57. The van der Waals surface area contributed by atoms with Gasteiger partial charge in [-0.25, -0.2) is 0 Å². The van der Waals surface area contributed by atoms with E-state index >= 15 is 0 Å². The molecule has 0 aliphatic carbocycles. The first-order valence-corrected chi connectivity index (χ1v) is 4.57. The average Bonchev–Trinajstić information content (AvgIpc) is 1.97. The van der Waals surface area contributed by atoms with Crippen LogP contribution in [0.2, 0.25) is 0 Å². The number of hydrogen-bond donors (Lipinski definition) is 2. The maximum Gasteiger partial charge on any atom is -0.000604 e. The Kier molecular flexibility index (Phi) is 6.57. The van der Waals surface area contributed by atoms with E-state index in [9.17, 15) is 0 Å². The van der Waals surface area contributed by atoms with Gasteiger partial charge in [0.1, 0.15) is 0 Å². The molecule has 0 fully saturated rings. The van der Waals surface area contributed by atoms with Crippen LogP contribution >= 0.6 is 0 Å². The lowest BCUT2D eigenvalue weighted by atomic mass is 9.96. The fraction of sp³-hybridized carbons (Fsp3) is 1.00. The Morgan fingerprint density at radius 3 is 2.18 bits per heavy atom. The molecule has 0 rings (SSSR count). The molecule has 0 aliphatic rings. The van der Waals surface area contributed by atoms with Gasteiger partial charge < -0.3 is 10.6 Å². The molecule has 0 aromatic carbocycles. The molecule has 1 atom stereocenters. The molecule has 0 heterocycles. The molecule has 2 heteroatoms. The van der Waals surface area contributed by atoms with E-state index in [1.807, 2.05) is 7.05 Å². The van der Waals surface area contributed by atoms with Gasteiger partial charge in [-0.05, 0) is 38.5 Å². The Balaban J connectivity index is 3.51. The summed E-state index contributed by atoms with van der Waals surface area (Å²) in [7, 11) is 2.02. The van der Waals surface area contributed by atoms with Crippen molar-refractivity contribution in [3.05, 3.63) is 0 Å². The molecule has 0 spiro atoms. The minimum atomic E-state index is 0.764. The predicted octanol–water partition coefficient (Wildman–Crippen LogP) is 1.09. The molecule has 0 aromatic rings. The van der Waals surface area contributed by atoms with Crippen molar-refractivity contribution in [2.45, 2.75) is 20.8 Å². The predicted molar refractivity (Wildman–Crippen MR) is 50.8 cm³/mol. The van der Waals surface area contributed by atoms with Crippen molar-refractivity contribution in [3.63, 3.8) is 0 Å². The van der Waals surface area contributed by atoms with Crippen LogP contribution in [-0.4, -0.2) is 26.7 Å². The van der Waals surface area contributed by atoms with Gasteiger partial charge in [-0.3, -0.25) is 0 Å². The molecule has 2 N–H and O–H groups in total. The van der Waals surface area contributed by atoms with E-state index in [1.165, 1.54) is 0 Å². The normalized spacial score (nSPS) is 13.9. The quantitative estimate of drug-likeness (QED) is 0.604. The van der Waals surface area contributed by atoms with Crippen LogP contribution in [0.4, 0.5) is 0 Å². The zero-order valence-corrected chi connectivity index (χ0v) is 8.28. The summed E-state index contributed by atoms with van der Waals surface area (Å²) in [6.07, 6.45) is 0. The second-order valence-corrected chi connectivity index (χ2v) is 3.37. The van der Waals surface area contributed by atoms with E-state index in [0.29, 0.717) is 0 Å². The summed E-state index contributed by atoms with van der Waals surface area (Å²) < 4.78 is 0. The van der Waals surface area contributed by atoms with Gasteiger partial charge in [0.25, 0.3) is 0 Å². The Morgan fingerprint density at radius 1 is 1.18 bits per heavy atom. The average molecular weight is 158 g/mol. The fourth-order valence-corrected chi connectivity index (χ4v) is 1.14. The highest BCUT2D eigenvalue weighted by molar-refractivity contribution is 4.67. The molecule has 11 heavy (non-hydrogen) atoms. The Morgan fingerprint density at radius 2 is 1.82 bits per heavy atom. The first-order chi connectivity index (χ1) is 5.22. The first kappa shape index (κ1) is 10.9. The lowest BCUT2D eigenvalue weighted by molar-refractivity contribution is 0.356. The van der Waals surface area contributed by atoms with Crippen LogP contribution in [0.1, 0.15) is 20.8 Å². The van der Waals surface area contributed by atoms with Gasteiger partial charge in [-0.2, -0.15) is 0 Å². The topological polar surface area (TPSA) is 24.1 Å². The van der Waals surface area contributed by atoms with Crippen LogP contribution in [0.25, 0.3) is 0 Å². The van der Waals surface area contributed by atoms with E-state index < -0.39 is 0 Å². The van der Waals surface area contributed by atoms with E-state index in [-0.39, 0.29) is 0 Å². The van der Waals surface area contributed by atoms with Crippen LogP contribution in [0.5, 0.6) is 0 Å². The van der Waals surface area contributed by atoms with Crippen LogP contribution in [0, 0.1) is 11.8 Å². The highest BCUT2D eigenvalue weighted by Crippen LogP contribution is 2.07. The third kappa shape index (κ3) is 5.22. The molecular formula is C9H22N2. The summed E-state index contributed by atoms with van der Waals surface area (Å²) in [5.41, 5.74) is 0. The lowest BCUT2D eigenvalue weighted by Crippen LogP contribution is -2.32. The maximum atomic E-state index is 3.37. The third-order valence-corrected chi connectivity index (χ3v) is 2.07. The van der Waals surface area contributed by atoms with E-state index in [1.54, 1.807) is 0 Å². The molecule has 0 aromatic heterocycles. The number of rotatable bonds is 6. The summed E-state index contributed by atoms with van der Waals surface area (Å²) in [6.45, 7) is 10.0. The zero-order valence-electron chi connectivity index (χ0n) is 8.28. The van der Waals surface area contributed by atoms with Crippen LogP contribution in [-0.2, 0) is 0 Å². The minimum absolute atomic E-state index is 0.764. The van der Waals surface area contributed by atoms with Gasteiger partial charge in [0.05, 0.1) is 0 Å². The zero-order chi connectivity index (χ0) is 8.69. The van der Waals surface area contributed by atoms with Crippen molar-refractivity contribution < 1.29 is 0 Å². The molecule has 68 valence electrons. The van der Waals surface area contributed by atoms with Crippen molar-refractivity contribution in [2.24, 2.45) is 11.8 Å². The molecule has 0 aliphatic heterocycles. The van der Waals surface area contributed by atoms with Crippen molar-refractivity contribution in [3.8, 4) is 0 Å². The van der Waals surface area contributed by atoms with E-state index in [0.717, 1.165) is 31.5 Å². The molecule has 0 bridgehead atoms. The van der Waals surface area contributed by atoms with Gasteiger partial charge >= 0.3 is 0 Å². The number of nitrogens with one attached hydrogen (secondary N) is 2. The smallest absolute Gasteiger partial charge is 0.000604 e. The van der Waals surface area contributed by atoms with Gasteiger partial charge in [-0.1, -0.05) is 20.8 Å². The van der Waals surface area contributed by atoms with Crippen LogP contribution < -0.4 is 10.6 Å². The number of hydrogen-bond acceptors (Lipinski definition) is 2. The minimum Gasteiger partial charge on any atom is -0.319 e. The molecule has 0 saturated carbocycles. The second-order valence-electron chi connectivity index (χ2n) is 3.37. The van der Waals surface area contributed by atoms with Crippen molar-refractivity contribution in [1.29, 1.82) is 0 Å². The maximum absolute atomic E-state index is 3.37. The van der Waals surface area contributed by atoms with Crippen LogP contribution in [0.3, 0.4) is 0 Å².